The Morgan fingerprint density at radius 1 is 1.23 bits per heavy atom. The number of thioether (sulfide) groups is 1. The summed E-state index contributed by atoms with van der Waals surface area (Å²) in [6.45, 7) is 5.38. The molecule has 0 saturated heterocycles. The summed E-state index contributed by atoms with van der Waals surface area (Å²) in [4.78, 5) is 29.2. The van der Waals surface area contributed by atoms with E-state index in [0.29, 0.717) is 10.7 Å². The molecule has 0 bridgehead atoms. The van der Waals surface area contributed by atoms with E-state index >= 15 is 0 Å². The molecule has 1 amide bonds. The van der Waals surface area contributed by atoms with Crippen molar-refractivity contribution in [1.29, 1.82) is 5.26 Å². The summed E-state index contributed by atoms with van der Waals surface area (Å²) < 4.78 is 5.01. The van der Waals surface area contributed by atoms with Crippen LogP contribution in [0.15, 0.2) is 53.6 Å². The number of hydrogen-bond acceptors (Lipinski definition) is 6. The number of carbonyl (C=O) groups is 2. The van der Waals surface area contributed by atoms with Gasteiger partial charge in [0, 0.05) is 11.1 Å². The molecule has 7 heteroatoms. The third kappa shape index (κ3) is 4.61. The largest absolute Gasteiger partial charge is 0.462 e. The molecule has 6 nitrogen and oxygen atoms in total. The van der Waals surface area contributed by atoms with Gasteiger partial charge in [-0.1, -0.05) is 48.2 Å². The van der Waals surface area contributed by atoms with Crippen LogP contribution in [0.5, 0.6) is 0 Å². The molecule has 3 aromatic rings. The van der Waals surface area contributed by atoms with E-state index in [-0.39, 0.29) is 23.6 Å². The van der Waals surface area contributed by atoms with E-state index in [1.54, 1.807) is 20.8 Å². The first kappa shape index (κ1) is 21.3. The number of ether oxygens (including phenoxy) is 1. The van der Waals surface area contributed by atoms with Crippen LogP contribution < -0.4 is 5.32 Å². The van der Waals surface area contributed by atoms with Gasteiger partial charge in [-0.3, -0.25) is 4.79 Å². The topological polar surface area (TPSA) is 92.1 Å². The molecule has 0 aliphatic carbocycles. The van der Waals surface area contributed by atoms with Crippen LogP contribution in [0.25, 0.3) is 10.8 Å². The Morgan fingerprint density at radius 2 is 1.97 bits per heavy atom. The Labute approximate surface area is 179 Å². The van der Waals surface area contributed by atoms with Gasteiger partial charge in [0.25, 0.3) is 0 Å². The number of nitrogens with zero attached hydrogens (tertiary/aromatic N) is 2. The first-order valence-electron chi connectivity index (χ1n) is 9.48. The lowest BCUT2D eigenvalue weighted by molar-refractivity contribution is -0.115. The summed E-state index contributed by atoms with van der Waals surface area (Å²) >= 11 is 1.18. The van der Waals surface area contributed by atoms with Crippen molar-refractivity contribution < 1.29 is 14.3 Å². The van der Waals surface area contributed by atoms with Gasteiger partial charge in [-0.2, -0.15) is 5.26 Å². The zero-order valence-corrected chi connectivity index (χ0v) is 17.7. The van der Waals surface area contributed by atoms with Crippen molar-refractivity contribution in [3.8, 4) is 6.07 Å². The number of aromatic nitrogens is 1. The van der Waals surface area contributed by atoms with Gasteiger partial charge in [-0.25, -0.2) is 9.78 Å². The molecule has 152 valence electrons. The number of fused-ring (bicyclic) bond motifs is 1. The lowest BCUT2D eigenvalue weighted by Crippen LogP contribution is -2.23. The second-order valence-electron chi connectivity index (χ2n) is 6.58. The summed E-state index contributed by atoms with van der Waals surface area (Å²) in [5.41, 5.74) is 1.67. The predicted octanol–water partition coefficient (Wildman–Crippen LogP) is 4.71. The minimum Gasteiger partial charge on any atom is -0.462 e. The minimum absolute atomic E-state index is 0.200. The maximum Gasteiger partial charge on any atom is 0.340 e. The number of esters is 1. The van der Waals surface area contributed by atoms with Gasteiger partial charge in [0.05, 0.1) is 28.7 Å². The summed E-state index contributed by atoms with van der Waals surface area (Å²) in [7, 11) is 0. The molecule has 2 aromatic carbocycles. The molecular formula is C23H21N3O3S. The van der Waals surface area contributed by atoms with Crippen molar-refractivity contribution in [2.75, 3.05) is 11.9 Å². The van der Waals surface area contributed by atoms with Crippen LogP contribution in [0.1, 0.15) is 35.5 Å². The van der Waals surface area contributed by atoms with Crippen LogP contribution in [-0.2, 0) is 9.53 Å². The second-order valence-corrected chi connectivity index (χ2v) is 7.91. The molecule has 1 atom stereocenters. The summed E-state index contributed by atoms with van der Waals surface area (Å²) in [6, 6.07) is 17.1. The minimum atomic E-state index is -0.516. The standard InChI is InChI=1S/C23H21N3O3S/c1-4-29-23(28)19-12-17(13-24)22(25-14(19)2)30-15(3)21(27)26-20-11-7-9-16-8-5-6-10-18(16)20/h5-12,15H,4H2,1-3H3,(H,26,27). The smallest absolute Gasteiger partial charge is 0.340 e. The molecule has 30 heavy (non-hydrogen) atoms. The summed E-state index contributed by atoms with van der Waals surface area (Å²) in [5, 5.41) is 14.3. The normalized spacial score (nSPS) is 11.5. The van der Waals surface area contributed by atoms with Crippen molar-refractivity contribution in [2.45, 2.75) is 31.0 Å². The molecule has 1 aromatic heterocycles. The van der Waals surface area contributed by atoms with E-state index in [4.69, 9.17) is 4.74 Å². The van der Waals surface area contributed by atoms with Gasteiger partial charge in [-0.05, 0) is 38.3 Å². The van der Waals surface area contributed by atoms with Crippen molar-refractivity contribution in [3.05, 3.63) is 65.4 Å². The molecule has 0 aliphatic rings. The highest BCUT2D eigenvalue weighted by Gasteiger charge is 2.21. The molecular weight excluding hydrogens is 398 g/mol. The monoisotopic (exact) mass is 419 g/mol. The third-order valence-corrected chi connectivity index (χ3v) is 5.60. The van der Waals surface area contributed by atoms with Crippen molar-refractivity contribution >= 4 is 40.1 Å². The number of carbonyl (C=O) groups excluding carboxylic acids is 2. The van der Waals surface area contributed by atoms with Crippen LogP contribution in [0.4, 0.5) is 5.69 Å². The number of aryl methyl sites for hydroxylation is 1. The second kappa shape index (κ2) is 9.42. The van der Waals surface area contributed by atoms with Crippen molar-refractivity contribution in [2.24, 2.45) is 0 Å². The van der Waals surface area contributed by atoms with E-state index in [2.05, 4.69) is 16.4 Å². The van der Waals surface area contributed by atoms with E-state index in [1.165, 1.54) is 17.8 Å². The molecule has 0 spiro atoms. The lowest BCUT2D eigenvalue weighted by atomic mass is 10.1. The summed E-state index contributed by atoms with van der Waals surface area (Å²) in [5.74, 6) is -0.716. The Kier molecular flexibility index (Phi) is 6.70. The number of pyridine rings is 1. The van der Waals surface area contributed by atoms with E-state index in [9.17, 15) is 14.9 Å². The fourth-order valence-electron chi connectivity index (χ4n) is 2.96. The summed E-state index contributed by atoms with van der Waals surface area (Å²) in [6.07, 6.45) is 0. The number of nitriles is 1. The van der Waals surface area contributed by atoms with Crippen LogP contribution in [-0.4, -0.2) is 28.7 Å². The zero-order chi connectivity index (χ0) is 21.7. The van der Waals surface area contributed by atoms with Crippen LogP contribution in [0.3, 0.4) is 0 Å². The maximum atomic E-state index is 12.8. The fourth-order valence-corrected chi connectivity index (χ4v) is 3.88. The third-order valence-electron chi connectivity index (χ3n) is 4.50. The molecule has 0 fully saturated rings. The Morgan fingerprint density at radius 3 is 2.70 bits per heavy atom. The number of benzene rings is 2. The number of hydrogen-bond donors (Lipinski definition) is 1. The Hall–Kier alpha value is -3.37. The van der Waals surface area contributed by atoms with Gasteiger partial charge in [0.2, 0.25) is 5.91 Å². The zero-order valence-electron chi connectivity index (χ0n) is 16.9. The average Bonchev–Trinajstić information content (AvgIpc) is 2.74. The highest BCUT2D eigenvalue weighted by atomic mass is 32.2. The Bertz CT molecular complexity index is 1150. The van der Waals surface area contributed by atoms with Gasteiger partial charge in [0.1, 0.15) is 11.1 Å². The molecule has 1 unspecified atom stereocenters. The van der Waals surface area contributed by atoms with Gasteiger partial charge in [-0.15, -0.1) is 0 Å². The number of amides is 1. The molecule has 0 saturated carbocycles. The SMILES string of the molecule is CCOC(=O)c1cc(C#N)c(SC(C)C(=O)Nc2cccc3ccccc23)nc1C. The number of anilines is 1. The van der Waals surface area contributed by atoms with E-state index in [0.717, 1.165) is 16.5 Å². The molecule has 3 rings (SSSR count). The fraction of sp³-hybridized carbons (Fsp3) is 0.217. The molecule has 0 aliphatic heterocycles. The van der Waals surface area contributed by atoms with Gasteiger partial charge in [0.15, 0.2) is 0 Å². The highest BCUT2D eigenvalue weighted by Crippen LogP contribution is 2.29. The van der Waals surface area contributed by atoms with E-state index < -0.39 is 11.2 Å². The average molecular weight is 420 g/mol. The predicted molar refractivity (Wildman–Crippen MR) is 118 cm³/mol. The lowest BCUT2D eigenvalue weighted by Gasteiger charge is -2.15. The maximum absolute atomic E-state index is 12.8. The van der Waals surface area contributed by atoms with Gasteiger partial charge >= 0.3 is 5.97 Å². The van der Waals surface area contributed by atoms with Crippen molar-refractivity contribution in [3.63, 3.8) is 0 Å². The van der Waals surface area contributed by atoms with Crippen LogP contribution in [0, 0.1) is 18.3 Å². The van der Waals surface area contributed by atoms with Crippen LogP contribution >= 0.6 is 11.8 Å². The van der Waals surface area contributed by atoms with Crippen LogP contribution in [0.2, 0.25) is 0 Å². The highest BCUT2D eigenvalue weighted by molar-refractivity contribution is 8.00. The molecule has 1 N–H and O–H groups in total. The number of rotatable bonds is 6. The number of nitrogens with one attached hydrogen (secondary N) is 1. The molecule has 1 heterocycles. The molecule has 0 radical (unpaired) electrons. The first-order valence-corrected chi connectivity index (χ1v) is 10.4. The van der Waals surface area contributed by atoms with E-state index in [1.807, 2.05) is 42.5 Å². The first-order chi connectivity index (χ1) is 14.4. The van der Waals surface area contributed by atoms with Gasteiger partial charge < -0.3 is 10.1 Å². The van der Waals surface area contributed by atoms with Crippen molar-refractivity contribution in [1.82, 2.24) is 4.98 Å². The Balaban J connectivity index is 1.80. The quantitative estimate of drug-likeness (QED) is 0.459.